The maximum Gasteiger partial charge on any atom is 0.417 e. The number of hydrogen-bond donors (Lipinski definition) is 1. The van der Waals surface area contributed by atoms with Crippen molar-refractivity contribution < 1.29 is 18.0 Å². The van der Waals surface area contributed by atoms with E-state index in [9.17, 15) is 18.0 Å². The summed E-state index contributed by atoms with van der Waals surface area (Å²) < 4.78 is 40.1. The quantitative estimate of drug-likeness (QED) is 0.756. The summed E-state index contributed by atoms with van der Waals surface area (Å²) in [5.74, 6) is -0.0811. The zero-order valence-electron chi connectivity index (χ0n) is 12.5. The summed E-state index contributed by atoms with van der Waals surface area (Å²) in [7, 11) is 0. The second kappa shape index (κ2) is 6.56. The second-order valence-electron chi connectivity index (χ2n) is 5.00. The molecule has 5 nitrogen and oxygen atoms in total. The summed E-state index contributed by atoms with van der Waals surface area (Å²) >= 11 is 5.55. The summed E-state index contributed by atoms with van der Waals surface area (Å²) in [6.07, 6.45) is -0.0206. The minimum Gasteiger partial charge on any atom is -0.322 e. The Hall–Kier alpha value is -2.87. The molecule has 1 N–H and O–H groups in total. The number of halogens is 4. The Morgan fingerprint density at radius 3 is 2.60 bits per heavy atom. The molecule has 0 aliphatic rings. The molecule has 0 atom stereocenters. The molecule has 0 saturated heterocycles. The highest BCUT2D eigenvalue weighted by molar-refractivity contribution is 6.31. The number of amides is 1. The number of hydrogen-bond acceptors (Lipinski definition) is 3. The van der Waals surface area contributed by atoms with Crippen molar-refractivity contribution in [3.8, 4) is 5.82 Å². The first kappa shape index (κ1) is 17.0. The minimum atomic E-state index is -4.61. The molecule has 0 radical (unpaired) electrons. The molecule has 2 aromatic heterocycles. The third kappa shape index (κ3) is 3.80. The lowest BCUT2D eigenvalue weighted by Gasteiger charge is -2.12. The van der Waals surface area contributed by atoms with Crippen LogP contribution in [0.3, 0.4) is 0 Å². The fourth-order valence-corrected chi connectivity index (χ4v) is 2.31. The average molecular weight is 367 g/mol. The van der Waals surface area contributed by atoms with Crippen LogP contribution in [0.25, 0.3) is 5.82 Å². The second-order valence-corrected chi connectivity index (χ2v) is 5.41. The van der Waals surface area contributed by atoms with Gasteiger partial charge in [0, 0.05) is 24.3 Å². The first-order valence-electron chi connectivity index (χ1n) is 6.99. The first-order valence-corrected chi connectivity index (χ1v) is 7.36. The lowest BCUT2D eigenvalue weighted by Crippen LogP contribution is -2.14. The van der Waals surface area contributed by atoms with Crippen molar-refractivity contribution in [1.29, 1.82) is 0 Å². The van der Waals surface area contributed by atoms with Crippen LogP contribution in [-0.4, -0.2) is 20.7 Å². The molecular formula is C16H10ClF3N4O. The molecule has 2 heterocycles. The Morgan fingerprint density at radius 2 is 2.00 bits per heavy atom. The van der Waals surface area contributed by atoms with E-state index in [1.54, 1.807) is 24.5 Å². The van der Waals surface area contributed by atoms with Gasteiger partial charge in [-0.3, -0.25) is 4.79 Å². The molecule has 0 saturated carbocycles. The predicted molar refractivity (Wildman–Crippen MR) is 85.8 cm³/mol. The first-order chi connectivity index (χ1) is 11.8. The molecule has 0 spiro atoms. The lowest BCUT2D eigenvalue weighted by atomic mass is 10.2. The normalized spacial score (nSPS) is 11.4. The van der Waals surface area contributed by atoms with Crippen molar-refractivity contribution in [3.63, 3.8) is 0 Å². The van der Waals surface area contributed by atoms with E-state index in [0.29, 0.717) is 5.82 Å². The van der Waals surface area contributed by atoms with E-state index in [2.05, 4.69) is 15.4 Å². The van der Waals surface area contributed by atoms with Crippen LogP contribution in [0.15, 0.2) is 55.0 Å². The molecule has 3 rings (SSSR count). The fraction of sp³-hybridized carbons (Fsp3) is 0.0625. The fourth-order valence-electron chi connectivity index (χ4n) is 2.08. The van der Waals surface area contributed by atoms with E-state index in [0.717, 1.165) is 12.1 Å². The minimum absolute atomic E-state index is 0.0159. The molecule has 0 unspecified atom stereocenters. The Labute approximate surface area is 145 Å². The van der Waals surface area contributed by atoms with Crippen molar-refractivity contribution in [1.82, 2.24) is 14.8 Å². The number of nitrogens with zero attached hydrogens (tertiary/aromatic N) is 3. The number of nitrogens with one attached hydrogen (secondary N) is 1. The van der Waals surface area contributed by atoms with E-state index in [4.69, 9.17) is 11.6 Å². The summed E-state index contributed by atoms with van der Waals surface area (Å²) in [6.45, 7) is 0. The van der Waals surface area contributed by atoms with Crippen LogP contribution in [0.5, 0.6) is 0 Å². The van der Waals surface area contributed by atoms with E-state index in [1.807, 2.05) is 0 Å². The standard InChI is InChI=1S/C16H10ClF3N4O/c17-13-4-3-11(8-12(13)16(18,19)20)23-15(25)10-2-5-14(21-9-10)24-7-1-6-22-24/h1-9H,(H,23,25). The van der Waals surface area contributed by atoms with Crippen LogP contribution < -0.4 is 5.32 Å². The molecule has 9 heteroatoms. The van der Waals surface area contributed by atoms with Gasteiger partial charge in [-0.1, -0.05) is 11.6 Å². The van der Waals surface area contributed by atoms with Gasteiger partial charge in [0.05, 0.1) is 16.1 Å². The number of rotatable bonds is 3. The highest BCUT2D eigenvalue weighted by Crippen LogP contribution is 2.36. The summed E-state index contributed by atoms with van der Waals surface area (Å²) in [4.78, 5) is 16.3. The van der Waals surface area contributed by atoms with Crippen LogP contribution in [0, 0.1) is 0 Å². The van der Waals surface area contributed by atoms with Crippen LogP contribution in [-0.2, 0) is 6.18 Å². The van der Waals surface area contributed by atoms with Gasteiger partial charge in [0.1, 0.15) is 0 Å². The van der Waals surface area contributed by atoms with Gasteiger partial charge in [-0.25, -0.2) is 9.67 Å². The molecular weight excluding hydrogens is 357 g/mol. The summed E-state index contributed by atoms with van der Waals surface area (Å²) in [5, 5.41) is 5.96. The molecule has 0 aliphatic heterocycles. The number of carbonyl (C=O) groups is 1. The SMILES string of the molecule is O=C(Nc1ccc(Cl)c(C(F)(F)F)c1)c1ccc(-n2cccn2)nc1. The Balaban J connectivity index is 1.78. The number of carbonyl (C=O) groups excluding carboxylic acids is 1. The summed E-state index contributed by atoms with van der Waals surface area (Å²) in [5.41, 5.74) is -0.837. The molecule has 0 aliphatic carbocycles. The Bertz CT molecular complexity index is 893. The number of benzene rings is 1. The van der Waals surface area contributed by atoms with E-state index >= 15 is 0 Å². The highest BCUT2D eigenvalue weighted by atomic mass is 35.5. The lowest BCUT2D eigenvalue weighted by molar-refractivity contribution is -0.137. The maximum atomic E-state index is 12.9. The summed E-state index contributed by atoms with van der Waals surface area (Å²) in [6, 6.07) is 7.96. The molecule has 128 valence electrons. The molecule has 0 bridgehead atoms. The Kier molecular flexibility index (Phi) is 4.45. The maximum absolute atomic E-state index is 12.9. The topological polar surface area (TPSA) is 59.8 Å². The van der Waals surface area contributed by atoms with Crippen LogP contribution >= 0.6 is 11.6 Å². The number of pyridine rings is 1. The third-order valence-corrected chi connectivity index (χ3v) is 3.61. The number of aromatic nitrogens is 3. The van der Waals surface area contributed by atoms with Crippen molar-refractivity contribution in [2.24, 2.45) is 0 Å². The zero-order valence-corrected chi connectivity index (χ0v) is 13.2. The third-order valence-electron chi connectivity index (χ3n) is 3.28. The van der Waals surface area contributed by atoms with Gasteiger partial charge in [-0.05, 0) is 36.4 Å². The predicted octanol–water partition coefficient (Wildman–Crippen LogP) is 4.19. The van der Waals surface area contributed by atoms with E-state index in [1.165, 1.54) is 23.0 Å². The van der Waals surface area contributed by atoms with Crippen LogP contribution in [0.1, 0.15) is 15.9 Å². The zero-order chi connectivity index (χ0) is 18.0. The molecule has 3 aromatic rings. The van der Waals surface area contributed by atoms with Crippen molar-refractivity contribution in [2.45, 2.75) is 6.18 Å². The van der Waals surface area contributed by atoms with E-state index in [-0.39, 0.29) is 11.3 Å². The van der Waals surface area contributed by atoms with Crippen molar-refractivity contribution in [3.05, 3.63) is 71.1 Å². The van der Waals surface area contributed by atoms with Gasteiger partial charge in [0.25, 0.3) is 5.91 Å². The average Bonchev–Trinajstić information content (AvgIpc) is 3.10. The van der Waals surface area contributed by atoms with Crippen molar-refractivity contribution in [2.75, 3.05) is 5.32 Å². The highest BCUT2D eigenvalue weighted by Gasteiger charge is 2.33. The monoisotopic (exact) mass is 366 g/mol. The molecule has 0 fully saturated rings. The van der Waals surface area contributed by atoms with Gasteiger partial charge in [-0.15, -0.1) is 0 Å². The van der Waals surface area contributed by atoms with Gasteiger partial charge < -0.3 is 5.32 Å². The molecule has 25 heavy (non-hydrogen) atoms. The molecule has 1 aromatic carbocycles. The number of alkyl halides is 3. The van der Waals surface area contributed by atoms with Gasteiger partial charge in [0.15, 0.2) is 5.82 Å². The smallest absolute Gasteiger partial charge is 0.322 e. The Morgan fingerprint density at radius 1 is 1.20 bits per heavy atom. The van der Waals surface area contributed by atoms with Crippen molar-refractivity contribution >= 4 is 23.2 Å². The van der Waals surface area contributed by atoms with Crippen LogP contribution in [0.4, 0.5) is 18.9 Å². The van der Waals surface area contributed by atoms with Crippen LogP contribution in [0.2, 0.25) is 5.02 Å². The molecule has 1 amide bonds. The van der Waals surface area contributed by atoms with Gasteiger partial charge >= 0.3 is 6.18 Å². The van der Waals surface area contributed by atoms with E-state index < -0.39 is 22.7 Å². The number of anilines is 1. The van der Waals surface area contributed by atoms with Gasteiger partial charge in [0.2, 0.25) is 0 Å². The largest absolute Gasteiger partial charge is 0.417 e. The van der Waals surface area contributed by atoms with Gasteiger partial charge in [-0.2, -0.15) is 18.3 Å².